The Bertz CT molecular complexity index is 1440. The molecule has 40 heavy (non-hydrogen) atoms. The number of carbonyl (C=O) groups is 2. The first-order valence-electron chi connectivity index (χ1n) is 13.1. The summed E-state index contributed by atoms with van der Waals surface area (Å²) in [6.45, 7) is 16.0. The van der Waals surface area contributed by atoms with Crippen LogP contribution in [0.5, 0.6) is 5.75 Å². The minimum atomic E-state index is -2.42. The van der Waals surface area contributed by atoms with Crippen LogP contribution in [0.2, 0.25) is 18.1 Å². The zero-order valence-electron chi connectivity index (χ0n) is 24.4. The lowest BCUT2D eigenvalue weighted by molar-refractivity contribution is 0.0134. The van der Waals surface area contributed by atoms with Gasteiger partial charge in [0, 0.05) is 17.6 Å². The van der Waals surface area contributed by atoms with Gasteiger partial charge in [-0.25, -0.2) is 9.59 Å². The number of fused-ring (bicyclic) bond motifs is 1. The number of nitrogens with zero attached hydrogens (tertiary/aromatic N) is 2. The molecule has 3 aromatic rings. The predicted octanol–water partition coefficient (Wildman–Crippen LogP) is 5.83. The Morgan fingerprint density at radius 1 is 1.05 bits per heavy atom. The van der Waals surface area contributed by atoms with Gasteiger partial charge in [0.2, 0.25) is 5.56 Å². The number of carbonyl (C=O) groups excluding carboxylic acids is 1. The number of hydrogen-bond donors (Lipinski definition) is 3. The molecule has 0 saturated heterocycles. The lowest BCUT2D eigenvalue weighted by atomic mass is 10.0. The maximum Gasteiger partial charge on any atom is 0.410 e. The highest BCUT2D eigenvalue weighted by Gasteiger charge is 2.41. The molecule has 1 aromatic carbocycles. The highest BCUT2D eigenvalue weighted by Crippen LogP contribution is 2.41. The molecule has 0 saturated carbocycles. The van der Waals surface area contributed by atoms with Crippen molar-refractivity contribution < 1.29 is 29.0 Å². The molecule has 1 amide bonds. The number of aromatic hydroxyl groups is 1. The standard InChI is InChI=1S/C29H39N3O7Si/c1-28(2,3)38-27(37)32(16-19-10-9-18(15-30-19)26(35)36)17-23(39-40(7,8)29(4,5)6)20-11-13-22(33)25-21(20)12-14-24(34)31-25/h9-15,23,33H,16-17H2,1-8H3,(H,31,34)(H,35,36)/t23-/m0/s1. The number of ether oxygens (including phenoxy) is 1. The van der Waals surface area contributed by atoms with E-state index in [-0.39, 0.29) is 40.5 Å². The van der Waals surface area contributed by atoms with Crippen molar-refractivity contribution >= 4 is 31.3 Å². The first-order valence-corrected chi connectivity index (χ1v) is 16.0. The van der Waals surface area contributed by atoms with E-state index in [1.165, 1.54) is 29.3 Å². The van der Waals surface area contributed by atoms with E-state index in [1.807, 2.05) is 0 Å². The SMILES string of the molecule is CC(C)(C)OC(=O)N(Cc1ccc(C(=O)O)cn1)C[C@H](O[Si](C)(C)C(C)(C)C)c1ccc(O)c2[nH]c(=O)ccc12. The molecule has 0 aliphatic carbocycles. The quantitative estimate of drug-likeness (QED) is 0.288. The number of phenolic OH excluding ortho intramolecular Hbond substituents is 1. The molecule has 0 aliphatic rings. The normalized spacial score (nSPS) is 13.2. The summed E-state index contributed by atoms with van der Waals surface area (Å²) in [5.41, 5.74) is 0.363. The van der Waals surface area contributed by atoms with E-state index in [0.29, 0.717) is 16.6 Å². The minimum absolute atomic E-state index is 0.0382. The molecule has 0 radical (unpaired) electrons. The number of H-pyrrole nitrogens is 1. The van der Waals surface area contributed by atoms with Crippen molar-refractivity contribution in [3.05, 3.63) is 69.8 Å². The van der Waals surface area contributed by atoms with Crippen molar-refractivity contribution in [1.29, 1.82) is 0 Å². The molecule has 0 bridgehead atoms. The number of pyridine rings is 2. The van der Waals surface area contributed by atoms with Crippen LogP contribution in [0.3, 0.4) is 0 Å². The Kier molecular flexibility index (Phi) is 8.80. The molecule has 216 valence electrons. The van der Waals surface area contributed by atoms with Crippen LogP contribution in [0, 0.1) is 0 Å². The summed E-state index contributed by atoms with van der Waals surface area (Å²) in [6.07, 6.45) is 0.0101. The fraction of sp³-hybridized carbons (Fsp3) is 0.448. The van der Waals surface area contributed by atoms with Gasteiger partial charge in [-0.15, -0.1) is 0 Å². The third kappa shape index (κ3) is 7.48. The van der Waals surface area contributed by atoms with E-state index in [1.54, 1.807) is 39.0 Å². The molecule has 11 heteroatoms. The van der Waals surface area contributed by atoms with Crippen LogP contribution in [0.25, 0.3) is 10.9 Å². The molecule has 0 fully saturated rings. The Balaban J connectivity index is 2.12. The van der Waals surface area contributed by atoms with Gasteiger partial charge in [-0.1, -0.05) is 26.8 Å². The van der Waals surface area contributed by atoms with Crippen molar-refractivity contribution in [3.8, 4) is 5.75 Å². The Morgan fingerprint density at radius 3 is 2.27 bits per heavy atom. The smallest absolute Gasteiger partial charge is 0.410 e. The second-order valence-corrected chi connectivity index (χ2v) is 17.1. The second-order valence-electron chi connectivity index (χ2n) is 12.4. The number of rotatable bonds is 8. The zero-order valence-corrected chi connectivity index (χ0v) is 25.4. The van der Waals surface area contributed by atoms with Gasteiger partial charge < -0.3 is 24.4 Å². The van der Waals surface area contributed by atoms with Gasteiger partial charge in [0.1, 0.15) is 11.4 Å². The number of carboxylic acid groups (broad SMARTS) is 1. The molecule has 2 heterocycles. The fourth-order valence-electron chi connectivity index (χ4n) is 3.84. The van der Waals surface area contributed by atoms with E-state index >= 15 is 0 Å². The van der Waals surface area contributed by atoms with Crippen LogP contribution in [-0.4, -0.2) is 57.6 Å². The molecule has 0 aliphatic heterocycles. The van der Waals surface area contributed by atoms with Crippen molar-refractivity contribution in [2.75, 3.05) is 6.54 Å². The first kappa shape index (κ1) is 30.8. The summed E-state index contributed by atoms with van der Waals surface area (Å²) < 4.78 is 12.6. The van der Waals surface area contributed by atoms with Crippen molar-refractivity contribution in [1.82, 2.24) is 14.9 Å². The third-order valence-electron chi connectivity index (χ3n) is 6.96. The average molecular weight is 570 g/mol. The number of nitrogens with one attached hydrogen (secondary N) is 1. The number of carboxylic acids is 1. The van der Waals surface area contributed by atoms with Crippen LogP contribution in [0.15, 0.2) is 47.4 Å². The van der Waals surface area contributed by atoms with Gasteiger partial charge in [0.05, 0.1) is 36.0 Å². The van der Waals surface area contributed by atoms with Crippen LogP contribution in [0.1, 0.15) is 69.3 Å². The first-order chi connectivity index (χ1) is 18.4. The maximum atomic E-state index is 13.5. The molecule has 2 aromatic heterocycles. The second kappa shape index (κ2) is 11.4. The Hall–Kier alpha value is -3.70. The van der Waals surface area contributed by atoms with Crippen molar-refractivity contribution in [2.45, 2.75) is 77.9 Å². The lowest BCUT2D eigenvalue weighted by Gasteiger charge is -2.41. The molecule has 3 N–H and O–H groups in total. The van der Waals surface area contributed by atoms with Crippen LogP contribution in [0.4, 0.5) is 4.79 Å². The van der Waals surface area contributed by atoms with Crippen LogP contribution in [-0.2, 0) is 15.7 Å². The fourth-order valence-corrected chi connectivity index (χ4v) is 5.11. The number of hydrogen-bond acceptors (Lipinski definition) is 7. The monoisotopic (exact) mass is 569 g/mol. The highest BCUT2D eigenvalue weighted by atomic mass is 28.4. The van der Waals surface area contributed by atoms with E-state index in [9.17, 15) is 24.6 Å². The van der Waals surface area contributed by atoms with Crippen molar-refractivity contribution in [2.24, 2.45) is 0 Å². The summed E-state index contributed by atoms with van der Waals surface area (Å²) >= 11 is 0. The number of amides is 1. The van der Waals surface area contributed by atoms with Gasteiger partial charge in [-0.2, -0.15) is 0 Å². The molecule has 0 spiro atoms. The molecule has 1 atom stereocenters. The van der Waals surface area contributed by atoms with E-state index in [2.05, 4.69) is 43.8 Å². The largest absolute Gasteiger partial charge is 0.506 e. The number of benzene rings is 1. The minimum Gasteiger partial charge on any atom is -0.506 e. The number of aromatic carboxylic acids is 1. The van der Waals surface area contributed by atoms with Crippen molar-refractivity contribution in [3.63, 3.8) is 0 Å². The molecular formula is C29H39N3O7Si. The van der Waals surface area contributed by atoms with Gasteiger partial charge in [0.25, 0.3) is 0 Å². The summed E-state index contributed by atoms with van der Waals surface area (Å²) in [5.74, 6) is -1.17. The molecule has 10 nitrogen and oxygen atoms in total. The maximum absolute atomic E-state index is 13.5. The van der Waals surface area contributed by atoms with Crippen LogP contribution < -0.4 is 5.56 Å². The molecular weight excluding hydrogens is 530 g/mol. The zero-order chi connectivity index (χ0) is 30.0. The van der Waals surface area contributed by atoms with Gasteiger partial charge in [-0.05, 0) is 68.7 Å². The predicted molar refractivity (Wildman–Crippen MR) is 155 cm³/mol. The van der Waals surface area contributed by atoms with E-state index in [0.717, 1.165) is 0 Å². The van der Waals surface area contributed by atoms with E-state index in [4.69, 9.17) is 9.16 Å². The van der Waals surface area contributed by atoms with E-state index < -0.39 is 32.1 Å². The van der Waals surface area contributed by atoms with Gasteiger partial charge in [0.15, 0.2) is 8.32 Å². The summed E-state index contributed by atoms with van der Waals surface area (Å²) in [6, 6.07) is 9.25. The molecule has 3 rings (SSSR count). The highest BCUT2D eigenvalue weighted by molar-refractivity contribution is 6.74. The number of phenols is 1. The average Bonchev–Trinajstić information content (AvgIpc) is 2.82. The summed E-state index contributed by atoms with van der Waals surface area (Å²) in [5, 5.41) is 20.2. The summed E-state index contributed by atoms with van der Waals surface area (Å²) in [7, 11) is -2.42. The Morgan fingerprint density at radius 2 is 1.73 bits per heavy atom. The third-order valence-corrected chi connectivity index (χ3v) is 11.4. The van der Waals surface area contributed by atoms with Gasteiger partial charge in [-0.3, -0.25) is 14.7 Å². The topological polar surface area (TPSA) is 142 Å². The lowest BCUT2D eigenvalue weighted by Crippen LogP contribution is -2.45. The Labute approximate surface area is 235 Å². The van der Waals surface area contributed by atoms with Gasteiger partial charge >= 0.3 is 12.1 Å². The number of aromatic amines is 1. The molecule has 0 unspecified atom stereocenters. The van der Waals surface area contributed by atoms with Crippen LogP contribution >= 0.6 is 0 Å². The summed E-state index contributed by atoms with van der Waals surface area (Å²) in [4.78, 5) is 45.2. The number of aromatic nitrogens is 2.